The number of pyridine rings is 1. The standard InChI is InChI=1S/C26H26ClN3O2/c1-18-13-14-30-22(15-18)29-23(24(30)28-16-19-9-5-4-6-10-19)20-11-7-8-12-21(20)32-25(31)26(2,3)17-27/h4-15,28H,16-17H2,1-3H3. The molecular formula is C26H26ClN3O2. The predicted molar refractivity (Wildman–Crippen MR) is 129 cm³/mol. The quantitative estimate of drug-likeness (QED) is 0.211. The van der Waals surface area contributed by atoms with Crippen molar-refractivity contribution in [3.63, 3.8) is 0 Å². The molecule has 0 aliphatic rings. The van der Waals surface area contributed by atoms with Gasteiger partial charge in [-0.05, 0) is 56.2 Å². The number of rotatable bonds is 7. The Morgan fingerprint density at radius 2 is 1.81 bits per heavy atom. The number of ether oxygens (including phenoxy) is 1. The van der Waals surface area contributed by atoms with Gasteiger partial charge in [0, 0.05) is 24.2 Å². The second kappa shape index (κ2) is 9.05. The van der Waals surface area contributed by atoms with E-state index in [1.165, 1.54) is 0 Å². The van der Waals surface area contributed by atoms with Gasteiger partial charge in [-0.25, -0.2) is 4.98 Å². The second-order valence-corrected chi connectivity index (χ2v) is 8.75. The van der Waals surface area contributed by atoms with Crippen LogP contribution in [0.15, 0.2) is 72.9 Å². The number of aromatic nitrogens is 2. The third-order valence-electron chi connectivity index (χ3n) is 5.32. The monoisotopic (exact) mass is 447 g/mol. The van der Waals surface area contributed by atoms with E-state index >= 15 is 0 Å². The van der Waals surface area contributed by atoms with Gasteiger partial charge < -0.3 is 10.1 Å². The van der Waals surface area contributed by atoms with E-state index in [4.69, 9.17) is 21.3 Å². The van der Waals surface area contributed by atoms with Crippen LogP contribution in [0.2, 0.25) is 0 Å². The maximum Gasteiger partial charge on any atom is 0.318 e. The Labute approximate surface area is 193 Å². The number of halogens is 1. The molecule has 6 heteroatoms. The summed E-state index contributed by atoms with van der Waals surface area (Å²) in [5, 5.41) is 3.53. The molecular weight excluding hydrogens is 422 g/mol. The van der Waals surface area contributed by atoms with E-state index in [2.05, 4.69) is 17.4 Å². The van der Waals surface area contributed by atoms with E-state index in [9.17, 15) is 4.79 Å². The number of esters is 1. The zero-order chi connectivity index (χ0) is 22.7. The number of imidazole rings is 1. The molecule has 0 aliphatic carbocycles. The highest BCUT2D eigenvalue weighted by molar-refractivity contribution is 6.19. The van der Waals surface area contributed by atoms with Gasteiger partial charge in [0.1, 0.15) is 22.9 Å². The highest BCUT2D eigenvalue weighted by atomic mass is 35.5. The summed E-state index contributed by atoms with van der Waals surface area (Å²) in [7, 11) is 0. The van der Waals surface area contributed by atoms with Crippen molar-refractivity contribution in [1.82, 2.24) is 9.38 Å². The first-order valence-electron chi connectivity index (χ1n) is 10.5. The van der Waals surface area contributed by atoms with Crippen LogP contribution in [0.4, 0.5) is 5.82 Å². The normalized spacial score (nSPS) is 11.5. The minimum absolute atomic E-state index is 0.172. The lowest BCUT2D eigenvalue weighted by molar-refractivity contribution is -0.142. The van der Waals surface area contributed by atoms with Gasteiger partial charge in [-0.2, -0.15) is 0 Å². The molecule has 2 aromatic heterocycles. The van der Waals surface area contributed by atoms with E-state index in [1.54, 1.807) is 19.9 Å². The molecule has 0 radical (unpaired) electrons. The molecule has 32 heavy (non-hydrogen) atoms. The molecule has 4 rings (SSSR count). The fourth-order valence-corrected chi connectivity index (χ4v) is 3.44. The summed E-state index contributed by atoms with van der Waals surface area (Å²) in [5.41, 5.74) is 3.76. The van der Waals surface area contributed by atoms with Crippen molar-refractivity contribution in [2.75, 3.05) is 11.2 Å². The van der Waals surface area contributed by atoms with Gasteiger partial charge in [0.15, 0.2) is 0 Å². The highest BCUT2D eigenvalue weighted by Gasteiger charge is 2.30. The second-order valence-electron chi connectivity index (χ2n) is 8.48. The molecule has 0 unspecified atom stereocenters. The minimum atomic E-state index is -0.793. The number of alkyl halides is 1. The maximum atomic E-state index is 12.7. The smallest absolute Gasteiger partial charge is 0.318 e. The van der Waals surface area contributed by atoms with E-state index in [0.29, 0.717) is 12.3 Å². The molecule has 4 aromatic rings. The molecule has 0 amide bonds. The Hall–Kier alpha value is -3.31. The van der Waals surface area contributed by atoms with Gasteiger partial charge >= 0.3 is 5.97 Å². The molecule has 0 bridgehead atoms. The van der Waals surface area contributed by atoms with Crippen molar-refractivity contribution in [3.8, 4) is 17.0 Å². The molecule has 0 saturated carbocycles. The fraction of sp³-hybridized carbons (Fsp3) is 0.231. The SMILES string of the molecule is Cc1ccn2c(NCc3ccccc3)c(-c3ccccc3OC(=O)C(C)(C)CCl)nc2c1. The van der Waals surface area contributed by atoms with Crippen LogP contribution in [-0.4, -0.2) is 21.2 Å². The number of nitrogens with one attached hydrogen (secondary N) is 1. The molecule has 2 heterocycles. The molecule has 0 spiro atoms. The van der Waals surface area contributed by atoms with Crippen LogP contribution >= 0.6 is 11.6 Å². The number of hydrogen-bond acceptors (Lipinski definition) is 4. The summed E-state index contributed by atoms with van der Waals surface area (Å²) in [6.07, 6.45) is 2.00. The molecule has 5 nitrogen and oxygen atoms in total. The molecule has 0 aliphatic heterocycles. The Kier molecular flexibility index (Phi) is 6.19. The van der Waals surface area contributed by atoms with Crippen LogP contribution in [0, 0.1) is 12.3 Å². The number of fused-ring (bicyclic) bond motifs is 1. The van der Waals surface area contributed by atoms with E-state index in [0.717, 1.165) is 33.8 Å². The zero-order valence-electron chi connectivity index (χ0n) is 18.4. The molecule has 0 saturated heterocycles. The summed E-state index contributed by atoms with van der Waals surface area (Å²) in [6.45, 7) is 6.21. The van der Waals surface area contributed by atoms with E-state index < -0.39 is 5.41 Å². The largest absolute Gasteiger partial charge is 0.425 e. The first kappa shape index (κ1) is 21.9. The summed E-state index contributed by atoms with van der Waals surface area (Å²) in [5.74, 6) is 1.09. The first-order valence-corrected chi connectivity index (χ1v) is 11.1. The number of benzene rings is 2. The van der Waals surface area contributed by atoms with Crippen LogP contribution < -0.4 is 10.1 Å². The average Bonchev–Trinajstić information content (AvgIpc) is 3.15. The van der Waals surface area contributed by atoms with Gasteiger partial charge in [-0.3, -0.25) is 9.20 Å². The number of para-hydroxylation sites is 1. The minimum Gasteiger partial charge on any atom is -0.425 e. The van der Waals surface area contributed by atoms with Crippen molar-refractivity contribution in [2.24, 2.45) is 5.41 Å². The molecule has 0 fully saturated rings. The third-order valence-corrected chi connectivity index (χ3v) is 5.98. The average molecular weight is 448 g/mol. The Balaban J connectivity index is 1.78. The number of hydrogen-bond donors (Lipinski definition) is 1. The van der Waals surface area contributed by atoms with Crippen LogP contribution in [-0.2, 0) is 11.3 Å². The number of nitrogens with zero attached hydrogens (tertiary/aromatic N) is 2. The number of aryl methyl sites for hydroxylation is 1. The van der Waals surface area contributed by atoms with Crippen molar-refractivity contribution in [1.29, 1.82) is 0 Å². The van der Waals surface area contributed by atoms with E-state index in [-0.39, 0.29) is 11.8 Å². The van der Waals surface area contributed by atoms with Crippen LogP contribution in [0.3, 0.4) is 0 Å². The molecule has 0 atom stereocenters. The summed E-state index contributed by atoms with van der Waals surface area (Å²) >= 11 is 5.98. The number of carbonyl (C=O) groups excluding carboxylic acids is 1. The zero-order valence-corrected chi connectivity index (χ0v) is 19.2. The lowest BCUT2D eigenvalue weighted by Crippen LogP contribution is -2.30. The van der Waals surface area contributed by atoms with Crippen molar-refractivity contribution in [3.05, 3.63) is 84.1 Å². The fourth-order valence-electron chi connectivity index (χ4n) is 3.33. The van der Waals surface area contributed by atoms with Crippen LogP contribution in [0.1, 0.15) is 25.0 Å². The van der Waals surface area contributed by atoms with Gasteiger partial charge in [0.25, 0.3) is 0 Å². The Morgan fingerprint density at radius 1 is 1.09 bits per heavy atom. The van der Waals surface area contributed by atoms with Gasteiger partial charge in [0.2, 0.25) is 0 Å². The molecule has 1 N–H and O–H groups in total. The Morgan fingerprint density at radius 3 is 2.56 bits per heavy atom. The highest BCUT2D eigenvalue weighted by Crippen LogP contribution is 2.36. The van der Waals surface area contributed by atoms with Crippen molar-refractivity contribution >= 4 is 29.0 Å². The summed E-state index contributed by atoms with van der Waals surface area (Å²) in [4.78, 5) is 17.6. The summed E-state index contributed by atoms with van der Waals surface area (Å²) in [6, 6.07) is 21.7. The number of anilines is 1. The van der Waals surface area contributed by atoms with Gasteiger partial charge in [0.05, 0.1) is 5.41 Å². The van der Waals surface area contributed by atoms with Crippen LogP contribution in [0.25, 0.3) is 16.9 Å². The van der Waals surface area contributed by atoms with E-state index in [1.807, 2.05) is 66.1 Å². The Bertz CT molecular complexity index is 1250. The van der Waals surface area contributed by atoms with Crippen molar-refractivity contribution < 1.29 is 9.53 Å². The predicted octanol–water partition coefficient (Wildman–Crippen LogP) is 6.09. The lowest BCUT2D eigenvalue weighted by atomic mass is 9.97. The third kappa shape index (κ3) is 4.48. The van der Waals surface area contributed by atoms with Crippen molar-refractivity contribution in [2.45, 2.75) is 27.3 Å². The van der Waals surface area contributed by atoms with Gasteiger partial charge in [-0.1, -0.05) is 42.5 Å². The maximum absolute atomic E-state index is 12.7. The first-order chi connectivity index (χ1) is 15.4. The lowest BCUT2D eigenvalue weighted by Gasteiger charge is -2.20. The van der Waals surface area contributed by atoms with Gasteiger partial charge in [-0.15, -0.1) is 11.6 Å². The topological polar surface area (TPSA) is 55.6 Å². The number of carbonyl (C=O) groups is 1. The molecule has 164 valence electrons. The summed E-state index contributed by atoms with van der Waals surface area (Å²) < 4.78 is 7.81. The van der Waals surface area contributed by atoms with Crippen LogP contribution in [0.5, 0.6) is 5.75 Å². The molecule has 2 aromatic carbocycles.